The predicted octanol–water partition coefficient (Wildman–Crippen LogP) is 4.19. The second-order valence-electron chi connectivity index (χ2n) is 6.94. The molecule has 9 heteroatoms. The SMILES string of the molecule is CCOC(=O)c1c(-c2ccccc2)cc(N2CCOCC2)nc1SCC(=O)c1nccs1. The van der Waals surface area contributed by atoms with Gasteiger partial charge in [-0.05, 0) is 18.6 Å². The number of esters is 1. The maximum Gasteiger partial charge on any atom is 0.341 e. The molecular weight excluding hydrogens is 446 g/mol. The number of anilines is 1. The maximum atomic E-state index is 13.0. The summed E-state index contributed by atoms with van der Waals surface area (Å²) in [4.78, 5) is 36.6. The number of hydrogen-bond donors (Lipinski definition) is 0. The normalized spacial score (nSPS) is 13.7. The lowest BCUT2D eigenvalue weighted by molar-refractivity contribution is 0.0522. The second kappa shape index (κ2) is 10.7. The summed E-state index contributed by atoms with van der Waals surface area (Å²) >= 11 is 2.54. The van der Waals surface area contributed by atoms with Crippen molar-refractivity contribution < 1.29 is 19.1 Å². The molecule has 0 radical (unpaired) electrons. The molecular formula is C23H23N3O4S2. The monoisotopic (exact) mass is 469 g/mol. The Morgan fingerprint density at radius 1 is 1.22 bits per heavy atom. The van der Waals surface area contributed by atoms with E-state index in [0.29, 0.717) is 41.9 Å². The van der Waals surface area contributed by atoms with Gasteiger partial charge < -0.3 is 14.4 Å². The highest BCUT2D eigenvalue weighted by molar-refractivity contribution is 8.00. The smallest absolute Gasteiger partial charge is 0.341 e. The fourth-order valence-electron chi connectivity index (χ4n) is 3.37. The molecule has 1 saturated heterocycles. The zero-order chi connectivity index (χ0) is 22.3. The van der Waals surface area contributed by atoms with Crippen LogP contribution >= 0.6 is 23.1 Å². The van der Waals surface area contributed by atoms with Gasteiger partial charge in [-0.3, -0.25) is 4.79 Å². The van der Waals surface area contributed by atoms with E-state index in [4.69, 9.17) is 14.5 Å². The first-order valence-electron chi connectivity index (χ1n) is 10.3. The molecule has 7 nitrogen and oxygen atoms in total. The minimum Gasteiger partial charge on any atom is -0.462 e. The number of carbonyl (C=O) groups is 2. The number of rotatable bonds is 8. The summed E-state index contributed by atoms with van der Waals surface area (Å²) in [6.07, 6.45) is 1.61. The molecule has 4 rings (SSSR count). The molecule has 3 aromatic rings. The van der Waals surface area contributed by atoms with Crippen molar-refractivity contribution in [3.63, 3.8) is 0 Å². The van der Waals surface area contributed by atoms with Gasteiger partial charge in [0.1, 0.15) is 10.8 Å². The average molecular weight is 470 g/mol. The number of nitrogens with zero attached hydrogens (tertiary/aromatic N) is 3. The van der Waals surface area contributed by atoms with E-state index in [1.807, 2.05) is 36.4 Å². The lowest BCUT2D eigenvalue weighted by atomic mass is 10.0. The van der Waals surface area contributed by atoms with Crippen molar-refractivity contribution >= 4 is 40.7 Å². The molecule has 0 unspecified atom stereocenters. The van der Waals surface area contributed by atoms with Crippen LogP contribution < -0.4 is 4.90 Å². The zero-order valence-electron chi connectivity index (χ0n) is 17.7. The number of ketones is 1. The molecule has 32 heavy (non-hydrogen) atoms. The summed E-state index contributed by atoms with van der Waals surface area (Å²) in [6.45, 7) is 4.68. The summed E-state index contributed by atoms with van der Waals surface area (Å²) in [5.74, 6) is 0.342. The first-order valence-corrected chi connectivity index (χ1v) is 12.2. The van der Waals surface area contributed by atoms with E-state index in [2.05, 4.69) is 9.88 Å². The third-order valence-electron chi connectivity index (χ3n) is 4.88. The highest BCUT2D eigenvalue weighted by Crippen LogP contribution is 2.35. The molecule has 1 fully saturated rings. The van der Waals surface area contributed by atoms with E-state index in [1.54, 1.807) is 18.5 Å². The summed E-state index contributed by atoms with van der Waals surface area (Å²) in [7, 11) is 0. The maximum absolute atomic E-state index is 13.0. The van der Waals surface area contributed by atoms with E-state index in [-0.39, 0.29) is 18.1 Å². The minimum absolute atomic E-state index is 0.0976. The average Bonchev–Trinajstić information content (AvgIpc) is 3.38. The van der Waals surface area contributed by atoms with Crippen LogP contribution in [0.2, 0.25) is 0 Å². The van der Waals surface area contributed by atoms with Crippen molar-refractivity contribution in [2.24, 2.45) is 0 Å². The number of hydrogen-bond acceptors (Lipinski definition) is 9. The van der Waals surface area contributed by atoms with Crippen molar-refractivity contribution in [2.75, 3.05) is 43.6 Å². The molecule has 1 aliphatic heterocycles. The Morgan fingerprint density at radius 2 is 2.00 bits per heavy atom. The second-order valence-corrected chi connectivity index (χ2v) is 8.80. The van der Waals surface area contributed by atoms with Crippen molar-refractivity contribution in [1.82, 2.24) is 9.97 Å². The highest BCUT2D eigenvalue weighted by Gasteiger charge is 2.25. The largest absolute Gasteiger partial charge is 0.462 e. The van der Waals surface area contributed by atoms with Crippen LogP contribution in [0.1, 0.15) is 27.1 Å². The molecule has 0 N–H and O–H groups in total. The van der Waals surface area contributed by atoms with E-state index in [9.17, 15) is 9.59 Å². The zero-order valence-corrected chi connectivity index (χ0v) is 19.3. The third-order valence-corrected chi connectivity index (χ3v) is 6.67. The Kier molecular flexibility index (Phi) is 7.51. The van der Waals surface area contributed by atoms with Crippen LogP contribution in [-0.4, -0.2) is 60.4 Å². The molecule has 0 aliphatic carbocycles. The van der Waals surface area contributed by atoms with Gasteiger partial charge in [-0.15, -0.1) is 11.3 Å². The van der Waals surface area contributed by atoms with Crippen LogP contribution in [-0.2, 0) is 9.47 Å². The van der Waals surface area contributed by atoms with Crippen molar-refractivity contribution in [2.45, 2.75) is 11.9 Å². The van der Waals surface area contributed by atoms with Crippen molar-refractivity contribution in [3.8, 4) is 11.1 Å². The molecule has 0 spiro atoms. The van der Waals surface area contributed by atoms with Crippen LogP contribution in [0.5, 0.6) is 0 Å². The summed E-state index contributed by atoms with van der Waals surface area (Å²) in [5, 5.41) is 2.70. The Balaban J connectivity index is 1.78. The molecule has 166 valence electrons. The fraction of sp³-hybridized carbons (Fsp3) is 0.304. The first kappa shape index (κ1) is 22.4. The predicted molar refractivity (Wildman–Crippen MR) is 126 cm³/mol. The molecule has 0 atom stereocenters. The number of Topliss-reactive ketones (excluding diaryl/α,β-unsaturated/α-hetero) is 1. The van der Waals surface area contributed by atoms with Gasteiger partial charge in [0, 0.05) is 30.2 Å². The summed E-state index contributed by atoms with van der Waals surface area (Å²) < 4.78 is 10.9. The van der Waals surface area contributed by atoms with Gasteiger partial charge in [-0.25, -0.2) is 14.8 Å². The van der Waals surface area contributed by atoms with E-state index < -0.39 is 5.97 Å². The molecule has 0 bridgehead atoms. The van der Waals surface area contributed by atoms with Gasteiger partial charge in [0.15, 0.2) is 5.01 Å². The Hall–Kier alpha value is -2.75. The molecule has 0 amide bonds. The number of aromatic nitrogens is 2. The summed E-state index contributed by atoms with van der Waals surface area (Å²) in [6, 6.07) is 11.6. The number of pyridine rings is 1. The number of carbonyl (C=O) groups excluding carboxylic acids is 2. The lowest BCUT2D eigenvalue weighted by Crippen LogP contribution is -2.37. The number of thioether (sulfide) groups is 1. The van der Waals surface area contributed by atoms with E-state index >= 15 is 0 Å². The Labute approximate surface area is 194 Å². The van der Waals surface area contributed by atoms with Crippen LogP contribution in [0.15, 0.2) is 53.0 Å². The van der Waals surface area contributed by atoms with Crippen LogP contribution in [0, 0.1) is 0 Å². The Bertz CT molecular complexity index is 1070. The standard InChI is InChI=1S/C23H23N3O4S2/c1-2-30-23(28)20-17(16-6-4-3-5-7-16)14-19(26-9-11-29-12-10-26)25-22(20)32-15-18(27)21-24-8-13-31-21/h3-8,13-14H,2,9-12,15H2,1H3. The quantitative estimate of drug-likeness (QED) is 0.276. The first-order chi connectivity index (χ1) is 15.7. The number of thiazole rings is 1. The molecule has 1 aliphatic rings. The highest BCUT2D eigenvalue weighted by atomic mass is 32.2. The van der Waals surface area contributed by atoms with Crippen molar-refractivity contribution in [1.29, 1.82) is 0 Å². The fourth-order valence-corrected chi connectivity index (χ4v) is 4.94. The number of benzene rings is 1. The van der Waals surface area contributed by atoms with Crippen molar-refractivity contribution in [3.05, 3.63) is 58.5 Å². The van der Waals surface area contributed by atoms with Crippen LogP contribution in [0.25, 0.3) is 11.1 Å². The van der Waals surface area contributed by atoms with Crippen LogP contribution in [0.3, 0.4) is 0 Å². The van der Waals surface area contributed by atoms with E-state index in [0.717, 1.165) is 16.9 Å². The third kappa shape index (κ3) is 5.17. The molecule has 1 aromatic carbocycles. The van der Waals surface area contributed by atoms with Crippen LogP contribution in [0.4, 0.5) is 5.82 Å². The molecule has 3 heterocycles. The Morgan fingerprint density at radius 3 is 2.69 bits per heavy atom. The van der Waals surface area contributed by atoms with Gasteiger partial charge in [0.05, 0.1) is 31.1 Å². The summed E-state index contributed by atoms with van der Waals surface area (Å²) in [5.41, 5.74) is 2.01. The van der Waals surface area contributed by atoms with Gasteiger partial charge in [0.25, 0.3) is 0 Å². The van der Waals surface area contributed by atoms with Gasteiger partial charge in [-0.2, -0.15) is 0 Å². The minimum atomic E-state index is -0.448. The molecule has 2 aromatic heterocycles. The number of morpholine rings is 1. The molecule has 0 saturated carbocycles. The van der Waals surface area contributed by atoms with Gasteiger partial charge >= 0.3 is 5.97 Å². The van der Waals surface area contributed by atoms with Gasteiger partial charge in [0.2, 0.25) is 5.78 Å². The van der Waals surface area contributed by atoms with E-state index in [1.165, 1.54) is 23.1 Å². The lowest BCUT2D eigenvalue weighted by Gasteiger charge is -2.29. The van der Waals surface area contributed by atoms with Gasteiger partial charge in [-0.1, -0.05) is 42.1 Å². The topological polar surface area (TPSA) is 81.6 Å². The number of ether oxygens (including phenoxy) is 2.